The first kappa shape index (κ1) is 10.4. The summed E-state index contributed by atoms with van der Waals surface area (Å²) in [6.07, 6.45) is 4.57. The van der Waals surface area contributed by atoms with Gasteiger partial charge in [-0.15, -0.1) is 0 Å². The molecular formula is C11H12BrN3. The number of rotatable bonds is 3. The van der Waals surface area contributed by atoms with Crippen LogP contribution in [0.4, 0.5) is 0 Å². The normalized spacial score (nSPS) is 10.5. The molecule has 1 aromatic carbocycles. The third-order valence-corrected chi connectivity index (χ3v) is 2.71. The maximum Gasteiger partial charge on any atom is 0.0689 e. The first-order valence-electron chi connectivity index (χ1n) is 4.80. The molecule has 78 valence electrons. The molecule has 2 N–H and O–H groups in total. The highest BCUT2D eigenvalue weighted by Gasteiger charge is 2.04. The third-order valence-electron chi connectivity index (χ3n) is 2.21. The first-order chi connectivity index (χ1) is 7.31. The van der Waals surface area contributed by atoms with Crippen LogP contribution in [0, 0.1) is 0 Å². The molecule has 15 heavy (non-hydrogen) atoms. The van der Waals surface area contributed by atoms with Crippen molar-refractivity contribution in [2.75, 3.05) is 6.54 Å². The van der Waals surface area contributed by atoms with Crippen molar-refractivity contribution in [1.82, 2.24) is 9.78 Å². The summed E-state index contributed by atoms with van der Waals surface area (Å²) in [5.41, 5.74) is 7.88. The summed E-state index contributed by atoms with van der Waals surface area (Å²) in [5, 5.41) is 4.23. The molecule has 0 amide bonds. The van der Waals surface area contributed by atoms with Gasteiger partial charge < -0.3 is 5.73 Å². The van der Waals surface area contributed by atoms with Gasteiger partial charge in [-0.2, -0.15) is 5.10 Å². The summed E-state index contributed by atoms with van der Waals surface area (Å²) in [6, 6.07) is 8.07. The van der Waals surface area contributed by atoms with Crippen LogP contribution in [0.1, 0.15) is 5.56 Å². The zero-order chi connectivity index (χ0) is 10.7. The maximum absolute atomic E-state index is 5.58. The van der Waals surface area contributed by atoms with Crippen molar-refractivity contribution < 1.29 is 0 Å². The fraction of sp³-hybridized carbons (Fsp3) is 0.182. The molecule has 0 aliphatic carbocycles. The number of nitrogens with two attached hydrogens (primary N) is 1. The molecule has 0 radical (unpaired) electrons. The minimum absolute atomic E-state index is 0.649. The van der Waals surface area contributed by atoms with Crippen molar-refractivity contribution in [1.29, 1.82) is 0 Å². The fourth-order valence-electron chi connectivity index (χ4n) is 1.53. The lowest BCUT2D eigenvalue weighted by atomic mass is 10.1. The van der Waals surface area contributed by atoms with Gasteiger partial charge in [0.2, 0.25) is 0 Å². The van der Waals surface area contributed by atoms with E-state index in [-0.39, 0.29) is 0 Å². The second kappa shape index (κ2) is 4.59. The zero-order valence-electron chi connectivity index (χ0n) is 8.23. The lowest BCUT2D eigenvalue weighted by Crippen LogP contribution is -2.07. The Morgan fingerprint density at radius 2 is 2.27 bits per heavy atom. The van der Waals surface area contributed by atoms with E-state index in [1.807, 2.05) is 23.0 Å². The molecule has 4 heteroatoms. The Morgan fingerprint density at radius 3 is 2.93 bits per heavy atom. The van der Waals surface area contributed by atoms with Gasteiger partial charge in [0.25, 0.3) is 0 Å². The van der Waals surface area contributed by atoms with E-state index in [0.717, 1.165) is 16.6 Å². The molecule has 0 spiro atoms. The van der Waals surface area contributed by atoms with Gasteiger partial charge in [0.1, 0.15) is 0 Å². The predicted molar refractivity (Wildman–Crippen MR) is 64.0 cm³/mol. The molecule has 0 saturated heterocycles. The van der Waals surface area contributed by atoms with Crippen molar-refractivity contribution in [3.8, 4) is 5.69 Å². The molecule has 2 rings (SSSR count). The monoisotopic (exact) mass is 265 g/mol. The Morgan fingerprint density at radius 1 is 1.40 bits per heavy atom. The summed E-state index contributed by atoms with van der Waals surface area (Å²) in [6.45, 7) is 0.649. The smallest absolute Gasteiger partial charge is 0.0689 e. The minimum atomic E-state index is 0.649. The standard InChI is InChI=1S/C11H12BrN3/c12-10-3-2-9(4-5-13)11(8-10)15-7-1-6-14-15/h1-3,6-8H,4-5,13H2. The van der Waals surface area contributed by atoms with Gasteiger partial charge in [0.15, 0.2) is 0 Å². The van der Waals surface area contributed by atoms with E-state index < -0.39 is 0 Å². The maximum atomic E-state index is 5.58. The van der Waals surface area contributed by atoms with Gasteiger partial charge in [-0.25, -0.2) is 4.68 Å². The number of hydrogen-bond acceptors (Lipinski definition) is 2. The summed E-state index contributed by atoms with van der Waals surface area (Å²) in [4.78, 5) is 0. The van der Waals surface area contributed by atoms with Crippen LogP contribution in [0.5, 0.6) is 0 Å². The van der Waals surface area contributed by atoms with Crippen LogP contribution in [-0.4, -0.2) is 16.3 Å². The fourth-order valence-corrected chi connectivity index (χ4v) is 1.88. The van der Waals surface area contributed by atoms with Gasteiger partial charge in [0, 0.05) is 16.9 Å². The topological polar surface area (TPSA) is 43.8 Å². The van der Waals surface area contributed by atoms with Crippen LogP contribution >= 0.6 is 15.9 Å². The Labute approximate surface area is 97.0 Å². The number of hydrogen-bond donors (Lipinski definition) is 1. The van der Waals surface area contributed by atoms with E-state index in [4.69, 9.17) is 5.73 Å². The molecule has 0 unspecified atom stereocenters. The molecule has 0 bridgehead atoms. The highest BCUT2D eigenvalue weighted by atomic mass is 79.9. The number of aromatic nitrogens is 2. The Bertz CT molecular complexity index is 437. The lowest BCUT2D eigenvalue weighted by Gasteiger charge is -2.09. The van der Waals surface area contributed by atoms with Crippen molar-refractivity contribution in [2.24, 2.45) is 5.73 Å². The van der Waals surface area contributed by atoms with E-state index in [1.54, 1.807) is 6.20 Å². The summed E-state index contributed by atoms with van der Waals surface area (Å²) < 4.78 is 2.91. The quantitative estimate of drug-likeness (QED) is 0.924. The van der Waals surface area contributed by atoms with E-state index in [0.29, 0.717) is 6.54 Å². The van der Waals surface area contributed by atoms with Crippen LogP contribution in [0.15, 0.2) is 41.1 Å². The molecule has 1 aromatic heterocycles. The first-order valence-corrected chi connectivity index (χ1v) is 5.59. The molecular weight excluding hydrogens is 254 g/mol. The molecule has 0 fully saturated rings. The number of halogens is 1. The van der Waals surface area contributed by atoms with Gasteiger partial charge in [-0.3, -0.25) is 0 Å². The number of nitrogens with zero attached hydrogens (tertiary/aromatic N) is 2. The highest BCUT2D eigenvalue weighted by molar-refractivity contribution is 9.10. The molecule has 2 aromatic rings. The lowest BCUT2D eigenvalue weighted by molar-refractivity contribution is 0.850. The van der Waals surface area contributed by atoms with Crippen molar-refractivity contribution >= 4 is 15.9 Å². The zero-order valence-corrected chi connectivity index (χ0v) is 9.81. The van der Waals surface area contributed by atoms with Crippen LogP contribution in [0.25, 0.3) is 5.69 Å². The SMILES string of the molecule is NCCc1ccc(Br)cc1-n1cccn1. The average Bonchev–Trinajstić information content (AvgIpc) is 2.74. The number of benzene rings is 1. The van der Waals surface area contributed by atoms with E-state index >= 15 is 0 Å². The second-order valence-electron chi connectivity index (χ2n) is 3.26. The van der Waals surface area contributed by atoms with Crippen molar-refractivity contribution in [3.05, 3.63) is 46.7 Å². The molecule has 0 aliphatic rings. The Hall–Kier alpha value is -1.13. The van der Waals surface area contributed by atoms with Crippen LogP contribution in [0.2, 0.25) is 0 Å². The highest BCUT2D eigenvalue weighted by Crippen LogP contribution is 2.20. The van der Waals surface area contributed by atoms with E-state index in [2.05, 4.69) is 33.2 Å². The summed E-state index contributed by atoms with van der Waals surface area (Å²) >= 11 is 3.46. The predicted octanol–water partition coefficient (Wildman–Crippen LogP) is 2.14. The third kappa shape index (κ3) is 2.27. The van der Waals surface area contributed by atoms with Gasteiger partial charge in [0.05, 0.1) is 5.69 Å². The minimum Gasteiger partial charge on any atom is -0.330 e. The van der Waals surface area contributed by atoms with Crippen LogP contribution in [0.3, 0.4) is 0 Å². The Balaban J connectivity index is 2.47. The molecule has 0 aliphatic heterocycles. The second-order valence-corrected chi connectivity index (χ2v) is 4.18. The van der Waals surface area contributed by atoms with Crippen molar-refractivity contribution in [2.45, 2.75) is 6.42 Å². The molecule has 0 atom stereocenters. The largest absolute Gasteiger partial charge is 0.330 e. The Kier molecular flexibility index (Phi) is 3.18. The summed E-state index contributed by atoms with van der Waals surface area (Å²) in [5.74, 6) is 0. The van der Waals surface area contributed by atoms with Gasteiger partial charge in [-0.05, 0) is 36.7 Å². The van der Waals surface area contributed by atoms with Crippen molar-refractivity contribution in [3.63, 3.8) is 0 Å². The molecule has 1 heterocycles. The van der Waals surface area contributed by atoms with Crippen LogP contribution < -0.4 is 5.73 Å². The van der Waals surface area contributed by atoms with E-state index in [9.17, 15) is 0 Å². The van der Waals surface area contributed by atoms with Crippen LogP contribution in [-0.2, 0) is 6.42 Å². The average molecular weight is 266 g/mol. The molecule has 0 saturated carbocycles. The van der Waals surface area contributed by atoms with Gasteiger partial charge >= 0.3 is 0 Å². The van der Waals surface area contributed by atoms with Gasteiger partial charge in [-0.1, -0.05) is 22.0 Å². The molecule has 3 nitrogen and oxygen atoms in total. The van der Waals surface area contributed by atoms with E-state index in [1.165, 1.54) is 5.56 Å². The summed E-state index contributed by atoms with van der Waals surface area (Å²) in [7, 11) is 0.